The van der Waals surface area contributed by atoms with Gasteiger partial charge in [0.1, 0.15) is 23.0 Å². The monoisotopic (exact) mass is 427 g/mol. The molecule has 0 spiro atoms. The number of aromatic amines is 1. The zero-order chi connectivity index (χ0) is 22.3. The Bertz CT molecular complexity index is 1190. The van der Waals surface area contributed by atoms with Crippen molar-refractivity contribution in [2.75, 3.05) is 6.61 Å². The van der Waals surface area contributed by atoms with Crippen molar-refractivity contribution in [2.24, 2.45) is 5.92 Å². The number of aliphatic hydroxyl groups excluding tert-OH is 1. The van der Waals surface area contributed by atoms with Gasteiger partial charge in [-0.1, -0.05) is 0 Å². The number of rotatable bonds is 5. The highest BCUT2D eigenvalue weighted by Crippen LogP contribution is 2.48. The highest BCUT2D eigenvalue weighted by Gasteiger charge is 2.40. The smallest absolute Gasteiger partial charge is 0.224 e. The lowest BCUT2D eigenvalue weighted by atomic mass is 9.69. The molecular weight excluding hydrogens is 407 g/mol. The molecule has 3 aromatic rings. The summed E-state index contributed by atoms with van der Waals surface area (Å²) in [6, 6.07) is 9.61. The number of hydrogen-bond acceptors (Lipinski definition) is 3. The van der Waals surface area contributed by atoms with Crippen LogP contribution in [0.2, 0.25) is 0 Å². The van der Waals surface area contributed by atoms with Crippen molar-refractivity contribution in [3.05, 3.63) is 59.4 Å². The maximum Gasteiger partial charge on any atom is 0.224 e. The van der Waals surface area contributed by atoms with E-state index in [1.54, 1.807) is 12.1 Å². The maximum atomic E-state index is 14.4. The van der Waals surface area contributed by atoms with Gasteiger partial charge >= 0.3 is 0 Å². The molecule has 1 aliphatic carbocycles. The molecule has 1 atom stereocenters. The lowest BCUT2D eigenvalue weighted by molar-refractivity contribution is -0.129. The molecule has 31 heavy (non-hydrogen) atoms. The summed E-state index contributed by atoms with van der Waals surface area (Å²) in [7, 11) is 0. The van der Waals surface area contributed by atoms with Gasteiger partial charge < -0.3 is 15.4 Å². The lowest BCUT2D eigenvalue weighted by Crippen LogP contribution is -2.51. The molecule has 3 N–H and O–H groups in total. The Morgan fingerprint density at radius 3 is 2.52 bits per heavy atom. The van der Waals surface area contributed by atoms with Crippen LogP contribution in [0, 0.1) is 34.7 Å². The van der Waals surface area contributed by atoms with Crippen LogP contribution in [0.4, 0.5) is 13.2 Å². The van der Waals surface area contributed by atoms with Gasteiger partial charge in [0.25, 0.3) is 0 Å². The topological polar surface area (TPSA) is 88.9 Å². The summed E-state index contributed by atoms with van der Waals surface area (Å²) in [4.78, 5) is 15.5. The first-order chi connectivity index (χ1) is 14.7. The number of aromatic nitrogens is 1. The highest BCUT2D eigenvalue weighted by atomic mass is 19.1. The SMILES string of the molecule is CC(C#N)(CO)NC(=O)[C@H]1C[C@H](c2c(-c3ccc(F)cc3)[nH]c3c(F)cc(F)cc32)C1. The van der Waals surface area contributed by atoms with E-state index in [-0.39, 0.29) is 17.3 Å². The van der Waals surface area contributed by atoms with Crippen LogP contribution in [0.25, 0.3) is 22.2 Å². The average molecular weight is 427 g/mol. The fourth-order valence-electron chi connectivity index (χ4n) is 4.05. The molecule has 0 radical (unpaired) electrons. The summed E-state index contributed by atoms with van der Waals surface area (Å²) in [5.74, 6) is -2.76. The molecule has 160 valence electrons. The van der Waals surface area contributed by atoms with E-state index in [0.717, 1.165) is 6.07 Å². The predicted octanol–water partition coefficient (Wildman–Crippen LogP) is 4.14. The van der Waals surface area contributed by atoms with Gasteiger partial charge in [0, 0.05) is 17.4 Å². The number of hydrogen-bond donors (Lipinski definition) is 3. The minimum atomic E-state index is -1.37. The molecule has 1 unspecified atom stereocenters. The molecule has 0 bridgehead atoms. The number of carbonyl (C=O) groups is 1. The second kappa shape index (κ2) is 7.75. The van der Waals surface area contributed by atoms with Crippen molar-refractivity contribution in [3.63, 3.8) is 0 Å². The molecule has 1 heterocycles. The van der Waals surface area contributed by atoms with Gasteiger partial charge in [-0.05, 0) is 67.1 Å². The van der Waals surface area contributed by atoms with E-state index >= 15 is 0 Å². The summed E-state index contributed by atoms with van der Waals surface area (Å²) in [5, 5.41) is 21.4. The zero-order valence-corrected chi connectivity index (χ0v) is 16.7. The molecule has 0 saturated heterocycles. The largest absolute Gasteiger partial charge is 0.393 e. The molecular formula is C23H20F3N3O2. The van der Waals surface area contributed by atoms with E-state index < -0.39 is 35.5 Å². The summed E-state index contributed by atoms with van der Waals surface area (Å²) < 4.78 is 41.8. The molecule has 1 saturated carbocycles. The van der Waals surface area contributed by atoms with Crippen molar-refractivity contribution in [3.8, 4) is 17.3 Å². The van der Waals surface area contributed by atoms with Crippen molar-refractivity contribution >= 4 is 16.8 Å². The average Bonchev–Trinajstić information content (AvgIpc) is 3.07. The second-order valence-corrected chi connectivity index (χ2v) is 8.19. The van der Waals surface area contributed by atoms with Gasteiger partial charge in [0.05, 0.1) is 23.9 Å². The van der Waals surface area contributed by atoms with Crippen LogP contribution in [0.3, 0.4) is 0 Å². The maximum absolute atomic E-state index is 14.4. The van der Waals surface area contributed by atoms with Gasteiger partial charge in [-0.3, -0.25) is 4.79 Å². The minimum absolute atomic E-state index is 0.154. The molecule has 1 aromatic heterocycles. The number of nitrogens with one attached hydrogen (secondary N) is 2. The standard InChI is InChI=1S/C23H20F3N3O2/c1-23(10-27,11-30)29-22(31)14-6-13(7-14)19-17-8-16(25)9-18(26)21(17)28-20(19)12-2-4-15(24)5-3-12/h2-5,8-9,13-14,28,30H,6-7,11H2,1H3,(H,29,31)/t13-,14-,23?. The van der Waals surface area contributed by atoms with Crippen molar-refractivity contribution in [1.82, 2.24) is 10.3 Å². The summed E-state index contributed by atoms with van der Waals surface area (Å²) in [6.07, 6.45) is 0.829. The summed E-state index contributed by atoms with van der Waals surface area (Å²) in [6.45, 7) is 0.917. The van der Waals surface area contributed by atoms with E-state index in [9.17, 15) is 23.1 Å². The molecule has 1 fully saturated rings. The molecule has 5 nitrogen and oxygen atoms in total. The fraction of sp³-hybridized carbons (Fsp3) is 0.304. The third-order valence-electron chi connectivity index (χ3n) is 5.88. The molecule has 0 aliphatic heterocycles. The van der Waals surface area contributed by atoms with E-state index in [1.807, 2.05) is 6.07 Å². The first-order valence-corrected chi connectivity index (χ1v) is 9.85. The first-order valence-electron chi connectivity index (χ1n) is 9.85. The van der Waals surface area contributed by atoms with Crippen molar-refractivity contribution in [1.29, 1.82) is 5.26 Å². The van der Waals surface area contributed by atoms with E-state index in [1.165, 1.54) is 25.1 Å². The minimum Gasteiger partial charge on any atom is -0.393 e. The number of carbonyl (C=O) groups excluding carboxylic acids is 1. The van der Waals surface area contributed by atoms with Gasteiger partial charge in [0.2, 0.25) is 5.91 Å². The number of aliphatic hydroxyl groups is 1. The Hall–Kier alpha value is -3.31. The third kappa shape index (κ3) is 3.77. The van der Waals surface area contributed by atoms with Crippen LogP contribution >= 0.6 is 0 Å². The number of benzene rings is 2. The van der Waals surface area contributed by atoms with Gasteiger partial charge in [-0.15, -0.1) is 0 Å². The van der Waals surface area contributed by atoms with Crippen LogP contribution < -0.4 is 5.32 Å². The molecule has 4 rings (SSSR count). The summed E-state index contributed by atoms with van der Waals surface area (Å²) >= 11 is 0. The number of amides is 1. The number of H-pyrrole nitrogens is 1. The Morgan fingerprint density at radius 2 is 1.90 bits per heavy atom. The number of halogens is 3. The summed E-state index contributed by atoms with van der Waals surface area (Å²) in [5.41, 5.74) is 0.641. The van der Waals surface area contributed by atoms with E-state index in [2.05, 4.69) is 10.3 Å². The molecule has 1 amide bonds. The predicted molar refractivity (Wildman–Crippen MR) is 108 cm³/mol. The lowest BCUT2D eigenvalue weighted by Gasteiger charge is -2.36. The normalized spacial score (nSPS) is 20.0. The van der Waals surface area contributed by atoms with Crippen LogP contribution in [-0.2, 0) is 4.79 Å². The van der Waals surface area contributed by atoms with E-state index in [0.29, 0.717) is 35.0 Å². The Labute approximate surface area is 176 Å². The van der Waals surface area contributed by atoms with Crippen LogP contribution in [-0.4, -0.2) is 28.1 Å². The van der Waals surface area contributed by atoms with Gasteiger partial charge in [-0.2, -0.15) is 5.26 Å². The van der Waals surface area contributed by atoms with Crippen LogP contribution in [0.15, 0.2) is 36.4 Å². The second-order valence-electron chi connectivity index (χ2n) is 8.19. The first kappa shape index (κ1) is 20.9. The van der Waals surface area contributed by atoms with Gasteiger partial charge in [0.15, 0.2) is 0 Å². The number of fused-ring (bicyclic) bond motifs is 1. The van der Waals surface area contributed by atoms with Crippen molar-refractivity contribution in [2.45, 2.75) is 31.2 Å². The molecule has 8 heteroatoms. The Balaban J connectivity index is 1.68. The van der Waals surface area contributed by atoms with Gasteiger partial charge in [-0.25, -0.2) is 13.2 Å². The molecule has 2 aromatic carbocycles. The third-order valence-corrected chi connectivity index (χ3v) is 5.88. The van der Waals surface area contributed by atoms with Crippen molar-refractivity contribution < 1.29 is 23.1 Å². The highest BCUT2D eigenvalue weighted by molar-refractivity contribution is 5.92. The van der Waals surface area contributed by atoms with Crippen LogP contribution in [0.1, 0.15) is 31.2 Å². The Kier molecular flexibility index (Phi) is 5.23. The number of nitriles is 1. The molecule has 1 aliphatic rings. The quantitative estimate of drug-likeness (QED) is 0.572. The Morgan fingerprint density at radius 1 is 1.23 bits per heavy atom. The van der Waals surface area contributed by atoms with E-state index in [4.69, 9.17) is 5.26 Å². The fourth-order valence-corrected chi connectivity index (χ4v) is 4.05. The zero-order valence-electron chi connectivity index (χ0n) is 16.7. The van der Waals surface area contributed by atoms with Crippen LogP contribution in [0.5, 0.6) is 0 Å². The number of nitrogens with zero attached hydrogens (tertiary/aromatic N) is 1.